The fraction of sp³-hybridized carbons (Fsp3) is 0.920. The van der Waals surface area contributed by atoms with Crippen LogP contribution in [-0.2, 0) is 14.3 Å². The number of carbonyl (C=O) groups is 2. The molecule has 4 rings (SSSR count). The van der Waals surface area contributed by atoms with Crippen molar-refractivity contribution in [2.24, 2.45) is 46.3 Å². The molecule has 0 spiro atoms. The molecule has 164 valence electrons. The van der Waals surface area contributed by atoms with Gasteiger partial charge in [-0.05, 0) is 91.8 Å². The van der Waals surface area contributed by atoms with E-state index in [1.165, 1.54) is 26.4 Å². The van der Waals surface area contributed by atoms with Gasteiger partial charge in [0.2, 0.25) is 0 Å². The van der Waals surface area contributed by atoms with Crippen molar-refractivity contribution in [3.8, 4) is 0 Å². The van der Waals surface area contributed by atoms with E-state index < -0.39 is 0 Å². The average molecular weight is 405 g/mol. The van der Waals surface area contributed by atoms with Crippen LogP contribution in [0.15, 0.2) is 0 Å². The second-order valence-corrected chi connectivity index (χ2v) is 11.4. The maximum absolute atomic E-state index is 13.7. The number of carbonyl (C=O) groups excluding carboxylic acids is 2. The number of aliphatic hydroxyl groups is 1. The number of ether oxygens (including phenoxy) is 1. The number of Topliss-reactive ketones (excluding diaryl/α,β-unsaturated/α-hetero) is 1. The summed E-state index contributed by atoms with van der Waals surface area (Å²) < 4.78 is 4.84. The maximum Gasteiger partial charge on any atom is 0.305 e. The molecule has 4 saturated carbocycles. The van der Waals surface area contributed by atoms with Crippen LogP contribution in [0, 0.1) is 46.3 Å². The molecule has 0 aromatic rings. The summed E-state index contributed by atoms with van der Waals surface area (Å²) in [7, 11) is 1.46. The van der Waals surface area contributed by atoms with Crippen molar-refractivity contribution in [1.82, 2.24) is 0 Å². The molecule has 9 atom stereocenters. The zero-order valence-corrected chi connectivity index (χ0v) is 18.8. The number of hydrogen-bond donors (Lipinski definition) is 1. The predicted molar refractivity (Wildman–Crippen MR) is 112 cm³/mol. The minimum Gasteiger partial charge on any atom is -0.469 e. The standard InChI is InChI=1S/C25H40O4/c1-15(5-10-22(28)29-4)19-8-9-20-18-7-6-16-13-17(26)11-12-24(16,2)23(18)21(27)14-25(19,20)3/h15-20,23,26H,5-14H2,1-4H3/t15-,16?,17?,18?,19?,20?,23?,24?,25?/m1/s1. The summed E-state index contributed by atoms with van der Waals surface area (Å²) in [6, 6.07) is 0. The van der Waals surface area contributed by atoms with Gasteiger partial charge in [0, 0.05) is 18.8 Å². The maximum atomic E-state index is 13.7. The van der Waals surface area contributed by atoms with Crippen molar-refractivity contribution in [3.63, 3.8) is 0 Å². The zero-order chi connectivity index (χ0) is 21.0. The zero-order valence-electron chi connectivity index (χ0n) is 18.8. The first kappa shape index (κ1) is 21.3. The van der Waals surface area contributed by atoms with Crippen molar-refractivity contribution in [2.75, 3.05) is 7.11 Å². The number of hydrogen-bond acceptors (Lipinski definition) is 4. The number of rotatable bonds is 4. The minimum absolute atomic E-state index is 0.0885. The van der Waals surface area contributed by atoms with Crippen LogP contribution in [-0.4, -0.2) is 30.1 Å². The van der Waals surface area contributed by atoms with Crippen molar-refractivity contribution in [1.29, 1.82) is 0 Å². The Morgan fingerprint density at radius 3 is 2.66 bits per heavy atom. The van der Waals surface area contributed by atoms with Gasteiger partial charge in [-0.1, -0.05) is 20.8 Å². The lowest BCUT2D eigenvalue weighted by Crippen LogP contribution is -2.57. The largest absolute Gasteiger partial charge is 0.469 e. The normalized spacial score (nSPS) is 47.7. The van der Waals surface area contributed by atoms with E-state index in [-0.39, 0.29) is 28.8 Å². The van der Waals surface area contributed by atoms with Crippen LogP contribution in [0.5, 0.6) is 0 Å². The highest BCUT2D eigenvalue weighted by atomic mass is 16.5. The third kappa shape index (κ3) is 3.38. The predicted octanol–water partition coefficient (Wildman–Crippen LogP) is 4.77. The van der Waals surface area contributed by atoms with E-state index in [4.69, 9.17) is 4.74 Å². The molecule has 4 fully saturated rings. The quantitative estimate of drug-likeness (QED) is 0.685. The summed E-state index contributed by atoms with van der Waals surface area (Å²) in [5.41, 5.74) is 0.181. The van der Waals surface area contributed by atoms with Crippen LogP contribution < -0.4 is 0 Å². The Balaban J connectivity index is 1.54. The molecular weight excluding hydrogens is 364 g/mol. The van der Waals surface area contributed by atoms with Gasteiger partial charge < -0.3 is 9.84 Å². The molecule has 8 unspecified atom stereocenters. The van der Waals surface area contributed by atoms with Gasteiger partial charge in [0.1, 0.15) is 5.78 Å². The highest BCUT2D eigenvalue weighted by Gasteiger charge is 2.63. The van der Waals surface area contributed by atoms with Gasteiger partial charge in [0.15, 0.2) is 0 Å². The van der Waals surface area contributed by atoms with E-state index in [2.05, 4.69) is 20.8 Å². The molecule has 29 heavy (non-hydrogen) atoms. The van der Waals surface area contributed by atoms with Gasteiger partial charge in [-0.2, -0.15) is 0 Å². The van der Waals surface area contributed by atoms with Crippen molar-refractivity contribution in [3.05, 3.63) is 0 Å². The van der Waals surface area contributed by atoms with Gasteiger partial charge in [0.25, 0.3) is 0 Å². The third-order valence-corrected chi connectivity index (χ3v) is 10.1. The Labute approximate surface area is 176 Å². The molecule has 4 aliphatic carbocycles. The summed E-state index contributed by atoms with van der Waals surface area (Å²) in [5, 5.41) is 10.2. The first-order chi connectivity index (χ1) is 13.7. The summed E-state index contributed by atoms with van der Waals surface area (Å²) >= 11 is 0. The summed E-state index contributed by atoms with van der Waals surface area (Å²) in [6.45, 7) is 7.03. The van der Waals surface area contributed by atoms with Crippen molar-refractivity contribution in [2.45, 2.75) is 91.1 Å². The number of aliphatic hydroxyl groups excluding tert-OH is 1. The van der Waals surface area contributed by atoms with Crippen LogP contribution >= 0.6 is 0 Å². The molecule has 4 heteroatoms. The first-order valence-corrected chi connectivity index (χ1v) is 12.0. The monoisotopic (exact) mass is 404 g/mol. The SMILES string of the molecule is COC(=O)CC[C@@H](C)C1CCC2C3CCC4CC(O)CCC4(C)C3C(=O)CC21C. The van der Waals surface area contributed by atoms with Gasteiger partial charge in [-0.25, -0.2) is 0 Å². The van der Waals surface area contributed by atoms with Crippen LogP contribution in [0.4, 0.5) is 0 Å². The highest BCUT2D eigenvalue weighted by Crippen LogP contribution is 2.67. The molecule has 0 saturated heterocycles. The molecule has 4 nitrogen and oxygen atoms in total. The van der Waals surface area contributed by atoms with E-state index in [9.17, 15) is 14.7 Å². The van der Waals surface area contributed by atoms with Crippen LogP contribution in [0.2, 0.25) is 0 Å². The molecule has 0 amide bonds. The molecule has 1 N–H and O–H groups in total. The van der Waals surface area contributed by atoms with Gasteiger partial charge in [-0.15, -0.1) is 0 Å². The average Bonchev–Trinajstić information content (AvgIpc) is 3.02. The van der Waals surface area contributed by atoms with E-state index >= 15 is 0 Å². The second kappa shape index (κ2) is 7.66. The fourth-order valence-corrected chi connectivity index (χ4v) is 8.67. The lowest BCUT2D eigenvalue weighted by atomic mass is 9.44. The number of esters is 1. The van der Waals surface area contributed by atoms with Crippen molar-refractivity contribution >= 4 is 11.8 Å². The molecule has 0 aliphatic heterocycles. The fourth-order valence-electron chi connectivity index (χ4n) is 8.67. The first-order valence-electron chi connectivity index (χ1n) is 12.0. The summed E-state index contributed by atoms with van der Waals surface area (Å²) in [4.78, 5) is 25.3. The molecule has 0 bridgehead atoms. The third-order valence-electron chi connectivity index (χ3n) is 10.1. The molecule has 0 aromatic heterocycles. The Morgan fingerprint density at radius 1 is 1.17 bits per heavy atom. The highest BCUT2D eigenvalue weighted by molar-refractivity contribution is 5.84. The smallest absolute Gasteiger partial charge is 0.305 e. The Hall–Kier alpha value is -0.900. The van der Waals surface area contributed by atoms with Gasteiger partial charge >= 0.3 is 5.97 Å². The molecule has 0 heterocycles. The second-order valence-electron chi connectivity index (χ2n) is 11.4. The number of methoxy groups -OCH3 is 1. The Bertz CT molecular complexity index is 659. The van der Waals surface area contributed by atoms with E-state index in [0.29, 0.717) is 41.8 Å². The lowest BCUT2D eigenvalue weighted by Gasteiger charge is -2.60. The molecule has 0 radical (unpaired) electrons. The van der Waals surface area contributed by atoms with Crippen LogP contribution in [0.25, 0.3) is 0 Å². The van der Waals surface area contributed by atoms with E-state index in [0.717, 1.165) is 38.5 Å². The Morgan fingerprint density at radius 2 is 1.93 bits per heavy atom. The molecular formula is C25H40O4. The van der Waals surface area contributed by atoms with Crippen LogP contribution in [0.3, 0.4) is 0 Å². The Kier molecular flexibility index (Phi) is 5.63. The molecule has 4 aliphatic rings. The topological polar surface area (TPSA) is 63.6 Å². The van der Waals surface area contributed by atoms with E-state index in [1.54, 1.807) is 0 Å². The number of fused-ring (bicyclic) bond motifs is 5. The van der Waals surface area contributed by atoms with Crippen molar-refractivity contribution < 1.29 is 19.4 Å². The van der Waals surface area contributed by atoms with E-state index in [1.807, 2.05) is 0 Å². The van der Waals surface area contributed by atoms with Gasteiger partial charge in [-0.3, -0.25) is 9.59 Å². The lowest BCUT2D eigenvalue weighted by molar-refractivity contribution is -0.162. The van der Waals surface area contributed by atoms with Gasteiger partial charge in [0.05, 0.1) is 13.2 Å². The van der Waals surface area contributed by atoms with Crippen LogP contribution in [0.1, 0.15) is 85.0 Å². The minimum atomic E-state index is -0.167. The summed E-state index contributed by atoms with van der Waals surface area (Å²) in [6.07, 6.45) is 9.42. The number of ketones is 1. The molecule has 0 aromatic carbocycles. The summed E-state index contributed by atoms with van der Waals surface area (Å²) in [5.74, 6) is 3.24.